The van der Waals surface area contributed by atoms with Crippen molar-refractivity contribution in [2.24, 2.45) is 0 Å². The molecule has 1 atom stereocenters. The van der Waals surface area contributed by atoms with Crippen LogP contribution in [0.5, 0.6) is 0 Å². The Balaban J connectivity index is 0.00000147. The summed E-state index contributed by atoms with van der Waals surface area (Å²) in [5.74, 6) is 1.11. The molecule has 20 heavy (non-hydrogen) atoms. The molecule has 0 aliphatic carbocycles. The molecular formula is C15H21ClN4. The van der Waals surface area contributed by atoms with E-state index in [4.69, 9.17) is 0 Å². The van der Waals surface area contributed by atoms with Crippen molar-refractivity contribution in [3.63, 3.8) is 0 Å². The van der Waals surface area contributed by atoms with Crippen LogP contribution in [0, 0.1) is 0 Å². The Labute approximate surface area is 126 Å². The number of imidazole rings is 1. The molecule has 1 aliphatic rings. The van der Waals surface area contributed by atoms with Gasteiger partial charge in [0, 0.05) is 43.8 Å². The van der Waals surface area contributed by atoms with Gasteiger partial charge in [0.15, 0.2) is 0 Å². The lowest BCUT2D eigenvalue weighted by Crippen LogP contribution is -2.49. The summed E-state index contributed by atoms with van der Waals surface area (Å²) in [7, 11) is 0. The SMILES string of the molecule is C[C@H]1CNCCN1Cc1nccn1-c1ccccc1.Cl. The number of piperazine rings is 1. The molecule has 0 radical (unpaired) electrons. The minimum absolute atomic E-state index is 0. The molecule has 108 valence electrons. The van der Waals surface area contributed by atoms with Crippen LogP contribution >= 0.6 is 12.4 Å². The van der Waals surface area contributed by atoms with Gasteiger partial charge in [-0.05, 0) is 19.1 Å². The van der Waals surface area contributed by atoms with Gasteiger partial charge in [-0.1, -0.05) is 18.2 Å². The first kappa shape index (κ1) is 15.0. The average Bonchev–Trinajstić information content (AvgIpc) is 2.91. The Morgan fingerprint density at radius 1 is 1.30 bits per heavy atom. The number of benzene rings is 1. The second kappa shape index (κ2) is 6.88. The minimum atomic E-state index is 0. The van der Waals surface area contributed by atoms with E-state index < -0.39 is 0 Å². The molecule has 1 aromatic carbocycles. The van der Waals surface area contributed by atoms with E-state index in [0.29, 0.717) is 6.04 Å². The molecule has 0 saturated carbocycles. The predicted molar refractivity (Wildman–Crippen MR) is 83.6 cm³/mol. The smallest absolute Gasteiger partial charge is 0.127 e. The fourth-order valence-electron chi connectivity index (χ4n) is 2.57. The van der Waals surface area contributed by atoms with Gasteiger partial charge in [-0.25, -0.2) is 4.98 Å². The number of nitrogens with zero attached hydrogens (tertiary/aromatic N) is 3. The summed E-state index contributed by atoms with van der Waals surface area (Å²) < 4.78 is 2.18. The van der Waals surface area contributed by atoms with Crippen molar-refractivity contribution >= 4 is 12.4 Å². The number of nitrogens with one attached hydrogen (secondary N) is 1. The van der Waals surface area contributed by atoms with Gasteiger partial charge >= 0.3 is 0 Å². The molecule has 0 spiro atoms. The van der Waals surface area contributed by atoms with Crippen LogP contribution in [-0.4, -0.2) is 40.1 Å². The molecule has 5 heteroatoms. The van der Waals surface area contributed by atoms with Crippen LogP contribution in [0.25, 0.3) is 5.69 Å². The molecule has 1 N–H and O–H groups in total. The maximum absolute atomic E-state index is 4.52. The standard InChI is InChI=1S/C15H20N4.ClH/c1-13-11-16-7-9-18(13)12-15-17-8-10-19(15)14-5-3-2-4-6-14;/h2-6,8,10,13,16H,7,9,11-12H2,1H3;1H/t13-;/m0./s1. The van der Waals surface area contributed by atoms with Crippen molar-refractivity contribution in [3.8, 4) is 5.69 Å². The van der Waals surface area contributed by atoms with E-state index in [9.17, 15) is 0 Å². The second-order valence-corrected chi connectivity index (χ2v) is 5.07. The van der Waals surface area contributed by atoms with E-state index in [0.717, 1.165) is 32.0 Å². The van der Waals surface area contributed by atoms with Gasteiger partial charge in [0.2, 0.25) is 0 Å². The largest absolute Gasteiger partial charge is 0.314 e. The Kier molecular flexibility index (Phi) is 5.17. The Morgan fingerprint density at radius 3 is 2.85 bits per heavy atom. The second-order valence-electron chi connectivity index (χ2n) is 5.07. The first-order chi connectivity index (χ1) is 9.34. The maximum atomic E-state index is 4.52. The number of hydrogen-bond donors (Lipinski definition) is 1. The molecule has 0 amide bonds. The lowest BCUT2D eigenvalue weighted by atomic mass is 10.2. The van der Waals surface area contributed by atoms with Gasteiger partial charge in [0.1, 0.15) is 5.82 Å². The summed E-state index contributed by atoms with van der Waals surface area (Å²) in [4.78, 5) is 7.01. The van der Waals surface area contributed by atoms with Crippen LogP contribution in [0.1, 0.15) is 12.7 Å². The fourth-order valence-corrected chi connectivity index (χ4v) is 2.57. The third-order valence-electron chi connectivity index (χ3n) is 3.74. The molecule has 0 unspecified atom stereocenters. The molecule has 3 rings (SSSR count). The molecular weight excluding hydrogens is 272 g/mol. The molecule has 1 fully saturated rings. The van der Waals surface area contributed by atoms with Gasteiger partial charge in [-0.15, -0.1) is 12.4 Å². The molecule has 4 nitrogen and oxygen atoms in total. The lowest BCUT2D eigenvalue weighted by Gasteiger charge is -2.33. The average molecular weight is 293 g/mol. The van der Waals surface area contributed by atoms with Crippen LogP contribution < -0.4 is 5.32 Å². The zero-order chi connectivity index (χ0) is 13.1. The summed E-state index contributed by atoms with van der Waals surface area (Å²) in [6.45, 7) is 6.39. The highest BCUT2D eigenvalue weighted by atomic mass is 35.5. The van der Waals surface area contributed by atoms with Crippen LogP contribution in [0.3, 0.4) is 0 Å². The quantitative estimate of drug-likeness (QED) is 0.940. The van der Waals surface area contributed by atoms with E-state index in [1.807, 2.05) is 18.5 Å². The van der Waals surface area contributed by atoms with Crippen molar-refractivity contribution in [2.45, 2.75) is 19.5 Å². The van der Waals surface area contributed by atoms with E-state index in [1.54, 1.807) is 0 Å². The zero-order valence-corrected chi connectivity index (χ0v) is 12.5. The number of rotatable bonds is 3. The Morgan fingerprint density at radius 2 is 2.10 bits per heavy atom. The first-order valence-electron chi connectivity index (χ1n) is 6.87. The number of halogens is 1. The fraction of sp³-hybridized carbons (Fsp3) is 0.400. The van der Waals surface area contributed by atoms with Gasteiger partial charge in [0.05, 0.1) is 6.54 Å². The maximum Gasteiger partial charge on any atom is 0.127 e. The predicted octanol–water partition coefficient (Wildman–Crippen LogP) is 2.09. The van der Waals surface area contributed by atoms with Gasteiger partial charge in [0.25, 0.3) is 0 Å². The van der Waals surface area contributed by atoms with Crippen LogP contribution in [0.15, 0.2) is 42.7 Å². The van der Waals surface area contributed by atoms with E-state index in [-0.39, 0.29) is 12.4 Å². The van der Waals surface area contributed by atoms with Crippen molar-refractivity contribution in [3.05, 3.63) is 48.5 Å². The molecule has 2 heterocycles. The number of para-hydroxylation sites is 1. The van der Waals surface area contributed by atoms with E-state index in [2.05, 4.69) is 51.0 Å². The topological polar surface area (TPSA) is 33.1 Å². The summed E-state index contributed by atoms with van der Waals surface area (Å²) in [6, 6.07) is 11.0. The normalized spacial score (nSPS) is 19.6. The molecule has 1 aliphatic heterocycles. The first-order valence-corrected chi connectivity index (χ1v) is 6.87. The molecule has 0 bridgehead atoms. The summed E-state index contributed by atoms with van der Waals surface area (Å²) in [5.41, 5.74) is 1.18. The monoisotopic (exact) mass is 292 g/mol. The van der Waals surface area contributed by atoms with Gasteiger partial charge in [-0.3, -0.25) is 4.90 Å². The highest BCUT2D eigenvalue weighted by Gasteiger charge is 2.19. The van der Waals surface area contributed by atoms with Crippen molar-refractivity contribution in [1.82, 2.24) is 19.8 Å². The third-order valence-corrected chi connectivity index (χ3v) is 3.74. The minimum Gasteiger partial charge on any atom is -0.314 e. The van der Waals surface area contributed by atoms with Crippen molar-refractivity contribution in [2.75, 3.05) is 19.6 Å². The van der Waals surface area contributed by atoms with Gasteiger partial charge in [-0.2, -0.15) is 0 Å². The molecule has 1 saturated heterocycles. The highest BCUT2D eigenvalue weighted by molar-refractivity contribution is 5.85. The van der Waals surface area contributed by atoms with Crippen LogP contribution in [-0.2, 0) is 6.54 Å². The van der Waals surface area contributed by atoms with Crippen molar-refractivity contribution < 1.29 is 0 Å². The van der Waals surface area contributed by atoms with E-state index in [1.165, 1.54) is 5.69 Å². The molecule has 2 aromatic rings. The van der Waals surface area contributed by atoms with Crippen LogP contribution in [0.2, 0.25) is 0 Å². The lowest BCUT2D eigenvalue weighted by molar-refractivity contribution is 0.161. The summed E-state index contributed by atoms with van der Waals surface area (Å²) >= 11 is 0. The highest BCUT2D eigenvalue weighted by Crippen LogP contribution is 2.14. The number of hydrogen-bond acceptors (Lipinski definition) is 3. The van der Waals surface area contributed by atoms with Crippen LogP contribution in [0.4, 0.5) is 0 Å². The third kappa shape index (κ3) is 3.20. The summed E-state index contributed by atoms with van der Waals surface area (Å²) in [5, 5.41) is 3.42. The Bertz CT molecular complexity index is 526. The van der Waals surface area contributed by atoms with Crippen molar-refractivity contribution in [1.29, 1.82) is 0 Å². The molecule has 1 aromatic heterocycles. The van der Waals surface area contributed by atoms with Gasteiger partial charge < -0.3 is 9.88 Å². The number of aromatic nitrogens is 2. The Hall–Kier alpha value is -1.36. The zero-order valence-electron chi connectivity index (χ0n) is 11.7. The van der Waals surface area contributed by atoms with E-state index >= 15 is 0 Å². The summed E-state index contributed by atoms with van der Waals surface area (Å²) in [6.07, 6.45) is 3.92.